The van der Waals surface area contributed by atoms with Gasteiger partial charge in [-0.1, -0.05) is 24.0 Å². The maximum atomic E-state index is 12.4. The Balaban J connectivity index is 2.76. The fourth-order valence-corrected chi connectivity index (χ4v) is 1.86. The number of rotatable bonds is 5. The summed E-state index contributed by atoms with van der Waals surface area (Å²) in [5.41, 5.74) is 6.76. The van der Waals surface area contributed by atoms with Gasteiger partial charge in [0.2, 0.25) is 0 Å². The predicted octanol–water partition coefficient (Wildman–Crippen LogP) is 1.02. The van der Waals surface area contributed by atoms with Crippen LogP contribution in [0.3, 0.4) is 0 Å². The molecule has 1 aromatic rings. The smallest absolute Gasteiger partial charge is 0.254 e. The van der Waals surface area contributed by atoms with E-state index in [0.717, 1.165) is 25.1 Å². The van der Waals surface area contributed by atoms with Gasteiger partial charge in [-0.15, -0.1) is 0 Å². The van der Waals surface area contributed by atoms with Gasteiger partial charge in [-0.05, 0) is 39.2 Å². The lowest BCUT2D eigenvalue weighted by molar-refractivity contribution is 0.0790. The van der Waals surface area contributed by atoms with E-state index in [4.69, 9.17) is 5.73 Å². The quantitative estimate of drug-likeness (QED) is 0.815. The zero-order chi connectivity index (χ0) is 15.0. The van der Waals surface area contributed by atoms with Crippen LogP contribution in [0.2, 0.25) is 0 Å². The topological polar surface area (TPSA) is 49.6 Å². The number of nitrogens with two attached hydrogens (primary N) is 1. The molecule has 0 aliphatic heterocycles. The molecule has 20 heavy (non-hydrogen) atoms. The average Bonchev–Trinajstić information content (AvgIpc) is 2.44. The molecule has 1 amide bonds. The highest BCUT2D eigenvalue weighted by atomic mass is 16.2. The molecule has 0 atom stereocenters. The number of hydrogen-bond acceptors (Lipinski definition) is 3. The largest absolute Gasteiger partial charge is 0.342 e. The summed E-state index contributed by atoms with van der Waals surface area (Å²) in [5, 5.41) is 0. The first-order valence-electron chi connectivity index (χ1n) is 6.74. The molecule has 0 radical (unpaired) electrons. The fraction of sp³-hybridized carbons (Fsp3) is 0.438. The summed E-state index contributed by atoms with van der Waals surface area (Å²) in [5.74, 6) is 5.75. The molecule has 0 fully saturated rings. The third-order valence-electron chi connectivity index (χ3n) is 2.93. The van der Waals surface area contributed by atoms with Crippen LogP contribution in [0.4, 0.5) is 0 Å². The fourth-order valence-electron chi connectivity index (χ4n) is 1.86. The van der Waals surface area contributed by atoms with Gasteiger partial charge in [-0.2, -0.15) is 0 Å². The van der Waals surface area contributed by atoms with Crippen molar-refractivity contribution in [3.8, 4) is 11.8 Å². The number of carbonyl (C=O) groups excluding carboxylic acids is 1. The molecule has 4 heteroatoms. The lowest BCUT2D eigenvalue weighted by atomic mass is 10.1. The van der Waals surface area contributed by atoms with Gasteiger partial charge in [-0.3, -0.25) is 4.79 Å². The van der Waals surface area contributed by atoms with Crippen molar-refractivity contribution >= 4 is 5.91 Å². The first-order valence-corrected chi connectivity index (χ1v) is 6.74. The Bertz CT molecular complexity index is 500. The summed E-state index contributed by atoms with van der Waals surface area (Å²) < 4.78 is 0. The normalized spacial score (nSPS) is 10.1. The van der Waals surface area contributed by atoms with E-state index in [1.54, 1.807) is 4.90 Å². The first-order chi connectivity index (χ1) is 9.56. The van der Waals surface area contributed by atoms with Crippen LogP contribution >= 0.6 is 0 Å². The van der Waals surface area contributed by atoms with Crippen LogP contribution in [0.25, 0.3) is 0 Å². The van der Waals surface area contributed by atoms with Crippen molar-refractivity contribution in [1.29, 1.82) is 0 Å². The second-order valence-corrected chi connectivity index (χ2v) is 4.94. The minimum Gasteiger partial charge on any atom is -0.342 e. The third-order valence-corrected chi connectivity index (χ3v) is 2.93. The molecule has 1 aromatic carbocycles. The summed E-state index contributed by atoms with van der Waals surface area (Å²) in [6.07, 6.45) is 0.950. The van der Waals surface area contributed by atoms with Gasteiger partial charge in [0.25, 0.3) is 5.91 Å². The van der Waals surface area contributed by atoms with Gasteiger partial charge in [0, 0.05) is 19.2 Å². The highest BCUT2D eigenvalue weighted by molar-refractivity contribution is 5.96. The molecule has 0 spiro atoms. The maximum Gasteiger partial charge on any atom is 0.254 e. The van der Waals surface area contributed by atoms with Crippen LogP contribution in [-0.2, 0) is 0 Å². The second kappa shape index (κ2) is 8.36. The van der Waals surface area contributed by atoms with E-state index < -0.39 is 0 Å². The van der Waals surface area contributed by atoms with Crippen molar-refractivity contribution in [3.05, 3.63) is 35.4 Å². The Hall–Kier alpha value is -1.83. The van der Waals surface area contributed by atoms with Crippen LogP contribution < -0.4 is 5.73 Å². The van der Waals surface area contributed by atoms with Crippen LogP contribution in [0.1, 0.15) is 22.3 Å². The molecule has 108 valence electrons. The van der Waals surface area contributed by atoms with E-state index in [2.05, 4.69) is 16.7 Å². The van der Waals surface area contributed by atoms with E-state index in [-0.39, 0.29) is 5.91 Å². The van der Waals surface area contributed by atoms with Crippen molar-refractivity contribution in [1.82, 2.24) is 9.80 Å². The Kier molecular flexibility index (Phi) is 6.78. The van der Waals surface area contributed by atoms with Gasteiger partial charge in [0.1, 0.15) is 0 Å². The minimum atomic E-state index is 0.00526. The summed E-state index contributed by atoms with van der Waals surface area (Å²) >= 11 is 0. The standard InChI is InChI=1S/C16H23N3O/c1-18(2)12-7-13-19(3)16(20)15-10-5-4-8-14(15)9-6-11-17/h4-5,8,10H,7,11-13,17H2,1-3H3. The zero-order valence-electron chi connectivity index (χ0n) is 12.5. The average molecular weight is 273 g/mol. The van der Waals surface area contributed by atoms with Gasteiger partial charge in [0.05, 0.1) is 12.1 Å². The molecule has 1 rings (SSSR count). The van der Waals surface area contributed by atoms with E-state index in [0.29, 0.717) is 12.1 Å². The predicted molar refractivity (Wildman–Crippen MR) is 82.5 cm³/mol. The van der Waals surface area contributed by atoms with Crippen LogP contribution in [-0.4, -0.2) is 56.5 Å². The van der Waals surface area contributed by atoms with Crippen molar-refractivity contribution in [3.63, 3.8) is 0 Å². The summed E-state index contributed by atoms with van der Waals surface area (Å²) in [6.45, 7) is 1.99. The Labute approximate surface area is 121 Å². The molecule has 0 saturated carbocycles. The molecule has 0 aliphatic rings. The number of nitrogens with zero attached hydrogens (tertiary/aromatic N) is 2. The molecule has 4 nitrogen and oxygen atoms in total. The van der Waals surface area contributed by atoms with Gasteiger partial charge >= 0.3 is 0 Å². The molecular formula is C16H23N3O. The Morgan fingerprint density at radius 2 is 1.90 bits per heavy atom. The van der Waals surface area contributed by atoms with Crippen molar-refractivity contribution in [2.75, 3.05) is 40.8 Å². The van der Waals surface area contributed by atoms with Gasteiger partial charge in [0.15, 0.2) is 0 Å². The number of carbonyl (C=O) groups is 1. The monoisotopic (exact) mass is 273 g/mol. The molecule has 0 heterocycles. The van der Waals surface area contributed by atoms with Crippen molar-refractivity contribution in [2.45, 2.75) is 6.42 Å². The van der Waals surface area contributed by atoms with Crippen molar-refractivity contribution in [2.24, 2.45) is 5.73 Å². The molecule has 0 bridgehead atoms. The molecule has 0 aromatic heterocycles. The minimum absolute atomic E-state index is 0.00526. The molecule has 0 aliphatic carbocycles. The van der Waals surface area contributed by atoms with Gasteiger partial charge in [-0.25, -0.2) is 0 Å². The van der Waals surface area contributed by atoms with E-state index in [1.807, 2.05) is 45.4 Å². The molecule has 0 saturated heterocycles. The lowest BCUT2D eigenvalue weighted by Crippen LogP contribution is -2.30. The van der Waals surface area contributed by atoms with Crippen LogP contribution in [0, 0.1) is 11.8 Å². The number of amides is 1. The summed E-state index contributed by atoms with van der Waals surface area (Å²) in [6, 6.07) is 7.40. The summed E-state index contributed by atoms with van der Waals surface area (Å²) in [4.78, 5) is 16.3. The maximum absolute atomic E-state index is 12.4. The lowest BCUT2D eigenvalue weighted by Gasteiger charge is -2.19. The molecule has 2 N–H and O–H groups in total. The zero-order valence-corrected chi connectivity index (χ0v) is 12.5. The number of benzene rings is 1. The highest BCUT2D eigenvalue weighted by Crippen LogP contribution is 2.10. The number of hydrogen-bond donors (Lipinski definition) is 1. The summed E-state index contributed by atoms with van der Waals surface area (Å²) in [7, 11) is 5.88. The van der Waals surface area contributed by atoms with Gasteiger partial charge < -0.3 is 15.5 Å². The van der Waals surface area contributed by atoms with E-state index >= 15 is 0 Å². The second-order valence-electron chi connectivity index (χ2n) is 4.94. The molecular weight excluding hydrogens is 250 g/mol. The first kappa shape index (κ1) is 16.2. The SMILES string of the molecule is CN(C)CCCN(C)C(=O)c1ccccc1C#CCN. The van der Waals surface area contributed by atoms with Crippen molar-refractivity contribution < 1.29 is 4.79 Å². The highest BCUT2D eigenvalue weighted by Gasteiger charge is 2.14. The Morgan fingerprint density at radius 3 is 2.55 bits per heavy atom. The van der Waals surface area contributed by atoms with Crippen LogP contribution in [0.15, 0.2) is 24.3 Å². The van der Waals surface area contributed by atoms with E-state index in [9.17, 15) is 4.79 Å². The Morgan fingerprint density at radius 1 is 1.20 bits per heavy atom. The third kappa shape index (κ3) is 5.04. The van der Waals surface area contributed by atoms with E-state index in [1.165, 1.54) is 0 Å². The molecule has 0 unspecified atom stereocenters. The van der Waals surface area contributed by atoms with Crippen LogP contribution in [0.5, 0.6) is 0 Å².